The van der Waals surface area contributed by atoms with Crippen LogP contribution >= 0.6 is 0 Å². The molecule has 0 aromatic rings. The highest BCUT2D eigenvalue weighted by Gasteiger charge is 2.60. The van der Waals surface area contributed by atoms with E-state index in [1.54, 1.807) is 0 Å². The molecule has 47 nitrogen and oxygen atoms in total. The highest BCUT2D eigenvalue weighted by molar-refractivity contribution is 7.80. The standard InChI is InChI=1S/C56H94N4O43S/c1-13-29(70)37(78)40(81)53(90-13)89-12-24-45(33(74)25(49(84)91-24)57-14(2)66)99-50-26(58-15(3)67)35(76)44(21(9-64)94-50)100-55-42(83)47(32(73)23(97-55)11-88-54-41(82)38(79)30(71)18(6-61)92-54)101-56-48(39(80)31(72)19(7-62)93-56)102-52-27(59-16(4)68)34(75)43(20(8-63)95-52)98-51-28(60-17(5)69)36(77)46(22(10-65)96-51)103-104(85,86)87/h13,18-56,61-65,70-84H,6-12H2,1-5H3,(H,57,66)(H,58,67)(H,59,68)(H,60,69)(H,85,86,87)/t13-,18+,19+,20+,21+,22+,23+,24+,25+,26+,27+,28+,29+,30+,31+,32+,33+,34+,35+,36+,37+,38-,39-,40-,41-,42-,43+,44+,45+,46-,47-,48-,49?,50-,51-,52-,53+,54-,55-,56+/m0/s1. The van der Waals surface area contributed by atoms with E-state index < -0.39 is 326 Å². The van der Waals surface area contributed by atoms with Crippen LogP contribution in [0.3, 0.4) is 0 Å². The summed E-state index contributed by atoms with van der Waals surface area (Å²) in [4.78, 5) is 50.7. The number of ether oxygens (including phenoxy) is 15. The molecule has 40 atom stereocenters. The summed E-state index contributed by atoms with van der Waals surface area (Å²) in [5, 5.41) is 231. The molecule has 8 fully saturated rings. The van der Waals surface area contributed by atoms with Crippen LogP contribution in [0, 0.1) is 0 Å². The molecule has 48 heteroatoms. The van der Waals surface area contributed by atoms with Gasteiger partial charge < -0.3 is 194 Å². The lowest BCUT2D eigenvalue weighted by molar-refractivity contribution is -0.396. The van der Waals surface area contributed by atoms with Crippen LogP contribution in [0.4, 0.5) is 0 Å². The number of aliphatic hydroxyl groups excluding tert-OH is 20. The second-order valence-electron chi connectivity index (χ2n) is 25.9. The van der Waals surface area contributed by atoms with Gasteiger partial charge in [-0.3, -0.25) is 23.7 Å². The molecular weight excluding hydrogens is 1450 g/mol. The average molecular weight is 1540 g/mol. The number of hydrogen-bond acceptors (Lipinski definition) is 42. The van der Waals surface area contributed by atoms with Crippen molar-refractivity contribution in [2.45, 2.75) is 280 Å². The lowest BCUT2D eigenvalue weighted by Crippen LogP contribution is -2.71. The first-order valence-corrected chi connectivity index (χ1v) is 34.0. The summed E-state index contributed by atoms with van der Waals surface area (Å²) in [5.74, 6) is -3.67. The summed E-state index contributed by atoms with van der Waals surface area (Å²) in [5.41, 5.74) is 0. The number of aliphatic hydroxyl groups is 20. The van der Waals surface area contributed by atoms with Gasteiger partial charge >= 0.3 is 10.4 Å². The van der Waals surface area contributed by atoms with Gasteiger partial charge in [-0.1, -0.05) is 0 Å². The number of nitrogens with one attached hydrogen (secondary N) is 4. The molecule has 0 bridgehead atoms. The first kappa shape index (κ1) is 86.0. The predicted octanol–water partition coefficient (Wildman–Crippen LogP) is -17.0. The Labute approximate surface area is 589 Å². The summed E-state index contributed by atoms with van der Waals surface area (Å²) in [7, 11) is -5.40. The topological polar surface area (TPSA) is 723 Å². The van der Waals surface area contributed by atoms with Crippen LogP contribution in [0.1, 0.15) is 34.6 Å². The first-order chi connectivity index (χ1) is 48.9. The minimum absolute atomic E-state index is 0.813. The Hall–Kier alpha value is -3.65. The van der Waals surface area contributed by atoms with Gasteiger partial charge in [-0.15, -0.1) is 0 Å². The Kier molecular flexibility index (Phi) is 30.5. The fourth-order valence-corrected chi connectivity index (χ4v) is 13.6. The smallest absolute Gasteiger partial charge is 0.394 e. The van der Waals surface area contributed by atoms with Crippen LogP contribution in [0.15, 0.2) is 0 Å². The van der Waals surface area contributed by atoms with Crippen LogP contribution in [-0.4, -0.2) is 430 Å². The minimum Gasteiger partial charge on any atom is -0.394 e. The van der Waals surface area contributed by atoms with Crippen molar-refractivity contribution in [1.29, 1.82) is 0 Å². The molecule has 0 spiro atoms. The Morgan fingerprint density at radius 3 is 1.11 bits per heavy atom. The highest BCUT2D eigenvalue weighted by atomic mass is 32.3. The van der Waals surface area contributed by atoms with Crippen molar-refractivity contribution >= 4 is 34.0 Å². The van der Waals surface area contributed by atoms with Gasteiger partial charge in [0.05, 0.1) is 52.4 Å². The zero-order valence-corrected chi connectivity index (χ0v) is 56.6. The van der Waals surface area contributed by atoms with Crippen LogP contribution in [-0.2, 0) is 105 Å². The normalized spacial score (nSPS) is 47.4. The quantitative estimate of drug-likeness (QED) is 0.0340. The molecular formula is C56H94N4O43S. The van der Waals surface area contributed by atoms with E-state index >= 15 is 0 Å². The first-order valence-electron chi connectivity index (χ1n) is 32.6. The van der Waals surface area contributed by atoms with E-state index in [4.69, 9.17) is 71.1 Å². The predicted molar refractivity (Wildman–Crippen MR) is 320 cm³/mol. The van der Waals surface area contributed by atoms with Crippen molar-refractivity contribution < 1.29 is 210 Å². The molecule has 8 rings (SSSR count). The monoisotopic (exact) mass is 1540 g/mol. The van der Waals surface area contributed by atoms with E-state index in [0.29, 0.717) is 0 Å². The van der Waals surface area contributed by atoms with Gasteiger partial charge in [0, 0.05) is 27.7 Å². The summed E-state index contributed by atoms with van der Waals surface area (Å²) < 4.78 is 126. The van der Waals surface area contributed by atoms with Crippen LogP contribution < -0.4 is 21.3 Å². The Balaban J connectivity index is 1.10. The molecule has 0 aromatic carbocycles. The number of hydrogen-bond donors (Lipinski definition) is 25. The Morgan fingerprint density at radius 1 is 0.317 bits per heavy atom. The van der Waals surface area contributed by atoms with E-state index in [1.807, 2.05) is 0 Å². The third-order valence-electron chi connectivity index (χ3n) is 18.4. The molecule has 0 radical (unpaired) electrons. The maximum atomic E-state index is 13.0. The third kappa shape index (κ3) is 19.7. The molecule has 0 aromatic heterocycles. The second-order valence-corrected chi connectivity index (χ2v) is 26.9. The number of carbonyl (C=O) groups excluding carboxylic acids is 4. The van der Waals surface area contributed by atoms with E-state index in [2.05, 4.69) is 25.5 Å². The molecule has 1 unspecified atom stereocenters. The molecule has 104 heavy (non-hydrogen) atoms. The Morgan fingerprint density at radius 2 is 0.654 bits per heavy atom. The summed E-state index contributed by atoms with van der Waals surface area (Å²) in [6, 6.07) is -7.55. The van der Waals surface area contributed by atoms with Crippen LogP contribution in [0.5, 0.6) is 0 Å². The van der Waals surface area contributed by atoms with Crippen molar-refractivity contribution in [3.05, 3.63) is 0 Å². The highest BCUT2D eigenvalue weighted by Crippen LogP contribution is 2.39. The van der Waals surface area contributed by atoms with Crippen LogP contribution in [0.25, 0.3) is 0 Å². The molecule has 0 saturated carbocycles. The fraction of sp³-hybridized carbons (Fsp3) is 0.929. The van der Waals surface area contributed by atoms with Gasteiger partial charge in [0.2, 0.25) is 23.6 Å². The lowest BCUT2D eigenvalue weighted by atomic mass is 9.93. The van der Waals surface area contributed by atoms with Gasteiger partial charge in [-0.25, -0.2) is 4.18 Å². The maximum absolute atomic E-state index is 13.0. The molecule has 602 valence electrons. The molecule has 8 aliphatic heterocycles. The van der Waals surface area contributed by atoms with Crippen LogP contribution in [0.2, 0.25) is 0 Å². The van der Waals surface area contributed by atoms with Gasteiger partial charge in [-0.2, -0.15) is 8.42 Å². The van der Waals surface area contributed by atoms with Gasteiger partial charge in [0.15, 0.2) is 50.3 Å². The largest absolute Gasteiger partial charge is 0.397 e. The van der Waals surface area contributed by atoms with Crippen molar-refractivity contribution in [2.75, 3.05) is 46.2 Å². The van der Waals surface area contributed by atoms with E-state index in [9.17, 15) is 134 Å². The van der Waals surface area contributed by atoms with Gasteiger partial charge in [-0.05, 0) is 6.92 Å². The maximum Gasteiger partial charge on any atom is 0.397 e. The molecule has 25 N–H and O–H groups in total. The summed E-state index contributed by atoms with van der Waals surface area (Å²) in [6.07, 6.45) is -73.3. The molecule has 8 aliphatic rings. The molecule has 4 amide bonds. The van der Waals surface area contributed by atoms with E-state index in [0.717, 1.165) is 27.7 Å². The summed E-state index contributed by atoms with van der Waals surface area (Å²) >= 11 is 0. The molecule has 8 heterocycles. The van der Waals surface area contributed by atoms with Gasteiger partial charge in [0.1, 0.15) is 189 Å². The minimum atomic E-state index is -5.40. The van der Waals surface area contributed by atoms with Crippen molar-refractivity contribution in [3.63, 3.8) is 0 Å². The second kappa shape index (κ2) is 36.9. The van der Waals surface area contributed by atoms with Crippen molar-refractivity contribution in [2.24, 2.45) is 0 Å². The lowest BCUT2D eigenvalue weighted by Gasteiger charge is -2.51. The zero-order valence-electron chi connectivity index (χ0n) is 55.8. The third-order valence-corrected chi connectivity index (χ3v) is 18.9. The Bertz CT molecular complexity index is 2890. The van der Waals surface area contributed by atoms with Crippen molar-refractivity contribution in [3.8, 4) is 0 Å². The van der Waals surface area contributed by atoms with Gasteiger partial charge in [0.25, 0.3) is 0 Å². The molecule has 8 saturated heterocycles. The van der Waals surface area contributed by atoms with E-state index in [1.165, 1.54) is 6.92 Å². The van der Waals surface area contributed by atoms with E-state index in [-0.39, 0.29) is 0 Å². The van der Waals surface area contributed by atoms with Crippen molar-refractivity contribution in [1.82, 2.24) is 21.3 Å². The summed E-state index contributed by atoms with van der Waals surface area (Å²) in [6.45, 7) is -2.42. The average Bonchev–Trinajstić information content (AvgIpc) is 0.768. The fourth-order valence-electron chi connectivity index (χ4n) is 13.1. The zero-order chi connectivity index (χ0) is 77.0. The molecule has 0 aliphatic carbocycles. The SMILES string of the molecule is CC(=O)N[C@H]1[C@H](O[C@H]2[C@H](O)[C@@H](NC(C)=O)[C@H](O[C@@H]3[C@@H](O[C@@H]4[C@H](O)[C@H](O[C@H]5[C@H](O)[C@@H](NC(C)=O)[C@H](O[C@H]6[C@H](O)[C@@H](NC(C)=O)C(O)O[C@@H]6CO[C@@H]6O[C@@H](C)[C@@H](O)[C@@H](O)[C@@H]6O)O[C@@H]5CO)O[C@H](CO[C@H]5O[C@H](CO)[C@@H](O)[C@H](O)[C@@H]5O)[C@H]4O)O[C@H](CO)[C@@H](O)[C@@H]3O)O[C@@H]2CO)O[C@H](CO)[C@H](OS(=O)(=O)O)[C@@H]1O. The number of rotatable bonds is 27. The number of amides is 4. The number of carbonyl (C=O) groups is 4.